The first kappa shape index (κ1) is 22.2. The molecule has 1 saturated heterocycles. The summed E-state index contributed by atoms with van der Waals surface area (Å²) in [6, 6.07) is 8.25. The second-order valence-corrected chi connectivity index (χ2v) is 8.85. The van der Waals surface area contributed by atoms with Crippen molar-refractivity contribution in [2.45, 2.75) is 58.3 Å². The number of halogens is 2. The zero-order chi connectivity index (χ0) is 22.1. The number of aromatic nitrogens is 1. The monoisotopic (exact) mass is 417 g/mol. The van der Waals surface area contributed by atoms with Crippen LogP contribution in [0.25, 0.3) is 0 Å². The largest absolute Gasteiger partial charge is 0.444 e. The van der Waals surface area contributed by atoms with Crippen LogP contribution in [-0.2, 0) is 4.74 Å². The van der Waals surface area contributed by atoms with Gasteiger partial charge in [-0.1, -0.05) is 12.1 Å². The van der Waals surface area contributed by atoms with E-state index in [4.69, 9.17) is 4.74 Å². The molecule has 30 heavy (non-hydrogen) atoms. The average molecular weight is 418 g/mol. The Hall–Kier alpha value is -2.54. The smallest absolute Gasteiger partial charge is 0.410 e. The summed E-state index contributed by atoms with van der Waals surface area (Å²) in [5.74, 6) is -0.767. The average Bonchev–Trinajstić information content (AvgIpc) is 2.66. The summed E-state index contributed by atoms with van der Waals surface area (Å²) in [5.41, 5.74) is 0.456. The van der Waals surface area contributed by atoms with Crippen LogP contribution >= 0.6 is 0 Å². The molecule has 1 aliphatic rings. The Morgan fingerprint density at radius 3 is 2.37 bits per heavy atom. The Morgan fingerprint density at radius 2 is 1.77 bits per heavy atom. The first-order chi connectivity index (χ1) is 14.1. The van der Waals surface area contributed by atoms with Gasteiger partial charge in [-0.25, -0.2) is 13.6 Å². The number of amides is 1. The van der Waals surface area contributed by atoms with E-state index in [1.165, 1.54) is 18.2 Å². The van der Waals surface area contributed by atoms with Gasteiger partial charge in [-0.3, -0.25) is 9.88 Å². The molecule has 1 aromatic carbocycles. The van der Waals surface area contributed by atoms with Gasteiger partial charge in [0, 0.05) is 31.4 Å². The third-order valence-corrected chi connectivity index (χ3v) is 5.23. The van der Waals surface area contributed by atoms with E-state index in [9.17, 15) is 13.6 Å². The summed E-state index contributed by atoms with van der Waals surface area (Å²) >= 11 is 0. The lowest BCUT2D eigenvalue weighted by Crippen LogP contribution is -2.59. The molecule has 0 radical (unpaired) electrons. The minimum atomic E-state index is -0.578. The van der Waals surface area contributed by atoms with Crippen molar-refractivity contribution in [1.82, 2.24) is 14.8 Å². The SMILES string of the molecule is C[C@H]1CN(C(c2ccc(F)cc2)c2ncccc2F)[C@@H](C)CN1C(=O)OC(C)(C)C. The Labute approximate surface area is 176 Å². The first-order valence-electron chi connectivity index (χ1n) is 10.2. The number of carbonyl (C=O) groups excluding carboxylic acids is 1. The van der Waals surface area contributed by atoms with Gasteiger partial charge in [0.05, 0.1) is 11.7 Å². The number of ether oxygens (including phenoxy) is 1. The van der Waals surface area contributed by atoms with Crippen molar-refractivity contribution in [1.29, 1.82) is 0 Å². The van der Waals surface area contributed by atoms with Crippen LogP contribution < -0.4 is 0 Å². The van der Waals surface area contributed by atoms with E-state index in [1.807, 2.05) is 34.6 Å². The first-order valence-corrected chi connectivity index (χ1v) is 10.2. The normalized spacial score (nSPS) is 21.4. The van der Waals surface area contributed by atoms with Crippen molar-refractivity contribution in [3.63, 3.8) is 0 Å². The fraction of sp³-hybridized carbons (Fsp3) is 0.478. The molecular formula is C23H29F2N3O2. The maximum Gasteiger partial charge on any atom is 0.410 e. The quantitative estimate of drug-likeness (QED) is 0.721. The van der Waals surface area contributed by atoms with E-state index >= 15 is 0 Å². The van der Waals surface area contributed by atoms with E-state index in [0.29, 0.717) is 13.1 Å². The molecular weight excluding hydrogens is 388 g/mol. The van der Waals surface area contributed by atoms with Gasteiger partial charge in [-0.05, 0) is 64.4 Å². The summed E-state index contributed by atoms with van der Waals surface area (Å²) in [6.45, 7) is 10.4. The van der Waals surface area contributed by atoms with Crippen molar-refractivity contribution in [3.8, 4) is 0 Å². The molecule has 0 aliphatic carbocycles. The number of nitrogens with zero attached hydrogens (tertiary/aromatic N) is 3. The van der Waals surface area contributed by atoms with Crippen molar-refractivity contribution in [2.75, 3.05) is 13.1 Å². The van der Waals surface area contributed by atoms with Gasteiger partial charge in [0.1, 0.15) is 17.2 Å². The molecule has 0 N–H and O–H groups in total. The Kier molecular flexibility index (Phi) is 6.41. The van der Waals surface area contributed by atoms with Crippen LogP contribution in [0.1, 0.15) is 51.9 Å². The summed E-state index contributed by atoms with van der Waals surface area (Å²) in [4.78, 5) is 20.8. The molecule has 1 amide bonds. The second kappa shape index (κ2) is 8.68. The molecule has 3 rings (SSSR count). The minimum absolute atomic E-state index is 0.0924. The Balaban J connectivity index is 1.92. The molecule has 1 unspecified atom stereocenters. The van der Waals surface area contributed by atoms with Gasteiger partial charge in [0.25, 0.3) is 0 Å². The predicted molar refractivity (Wildman–Crippen MR) is 111 cm³/mol. The van der Waals surface area contributed by atoms with Crippen LogP contribution in [0.2, 0.25) is 0 Å². The summed E-state index contributed by atoms with van der Waals surface area (Å²) in [6.07, 6.45) is 1.20. The van der Waals surface area contributed by atoms with Gasteiger partial charge in [0.15, 0.2) is 0 Å². The van der Waals surface area contributed by atoms with Crippen molar-refractivity contribution in [2.24, 2.45) is 0 Å². The van der Waals surface area contributed by atoms with Crippen LogP contribution in [0, 0.1) is 11.6 Å². The number of pyridine rings is 1. The molecule has 3 atom stereocenters. The number of rotatable bonds is 3. The van der Waals surface area contributed by atoms with E-state index in [1.54, 1.807) is 29.3 Å². The predicted octanol–water partition coefficient (Wildman–Crippen LogP) is 4.78. The third-order valence-electron chi connectivity index (χ3n) is 5.23. The van der Waals surface area contributed by atoms with Gasteiger partial charge >= 0.3 is 6.09 Å². The van der Waals surface area contributed by atoms with Gasteiger partial charge < -0.3 is 9.64 Å². The number of hydrogen-bond donors (Lipinski definition) is 0. The molecule has 1 aromatic heterocycles. The molecule has 0 bridgehead atoms. The van der Waals surface area contributed by atoms with Crippen LogP contribution in [0.5, 0.6) is 0 Å². The summed E-state index contributed by atoms with van der Waals surface area (Å²) in [5, 5.41) is 0. The van der Waals surface area contributed by atoms with E-state index < -0.39 is 17.5 Å². The van der Waals surface area contributed by atoms with Crippen molar-refractivity contribution < 1.29 is 18.3 Å². The zero-order valence-electron chi connectivity index (χ0n) is 18.1. The molecule has 2 heterocycles. The van der Waals surface area contributed by atoms with Gasteiger partial charge in [0.2, 0.25) is 0 Å². The van der Waals surface area contributed by atoms with Crippen LogP contribution in [0.15, 0.2) is 42.6 Å². The van der Waals surface area contributed by atoms with Crippen molar-refractivity contribution in [3.05, 3.63) is 65.5 Å². The summed E-state index contributed by atoms with van der Waals surface area (Å²) < 4.78 is 33.8. The maximum absolute atomic E-state index is 14.7. The topological polar surface area (TPSA) is 45.7 Å². The zero-order valence-corrected chi connectivity index (χ0v) is 18.1. The molecule has 0 spiro atoms. The van der Waals surface area contributed by atoms with E-state index in [-0.39, 0.29) is 29.7 Å². The molecule has 162 valence electrons. The van der Waals surface area contributed by atoms with Crippen LogP contribution in [-0.4, -0.2) is 51.7 Å². The molecule has 1 aliphatic heterocycles. The third kappa shape index (κ3) is 4.95. The minimum Gasteiger partial charge on any atom is -0.444 e. The highest BCUT2D eigenvalue weighted by atomic mass is 19.1. The fourth-order valence-corrected chi connectivity index (χ4v) is 3.84. The fourth-order valence-electron chi connectivity index (χ4n) is 3.84. The van der Waals surface area contributed by atoms with Gasteiger partial charge in [-0.2, -0.15) is 0 Å². The highest BCUT2D eigenvalue weighted by Gasteiger charge is 2.39. The lowest BCUT2D eigenvalue weighted by atomic mass is 9.96. The molecule has 5 nitrogen and oxygen atoms in total. The standard InChI is InChI=1S/C23H29F2N3O2/c1-15-14-28(22(29)30-23(3,4)5)16(2)13-27(15)21(17-8-10-18(24)11-9-17)20-19(25)7-6-12-26-20/h6-12,15-16,21H,13-14H2,1-5H3/t15-,16-,21?/m0/s1. The Bertz CT molecular complexity index is 883. The highest BCUT2D eigenvalue weighted by molar-refractivity contribution is 5.68. The number of hydrogen-bond acceptors (Lipinski definition) is 4. The molecule has 1 fully saturated rings. The maximum atomic E-state index is 14.7. The molecule has 7 heteroatoms. The lowest BCUT2D eigenvalue weighted by Gasteiger charge is -2.47. The Morgan fingerprint density at radius 1 is 1.10 bits per heavy atom. The lowest BCUT2D eigenvalue weighted by molar-refractivity contribution is -0.0170. The molecule has 0 saturated carbocycles. The number of carbonyl (C=O) groups is 1. The van der Waals surface area contributed by atoms with Crippen molar-refractivity contribution >= 4 is 6.09 Å². The van der Waals surface area contributed by atoms with Crippen LogP contribution in [0.3, 0.4) is 0 Å². The number of piperazine rings is 1. The van der Waals surface area contributed by atoms with Gasteiger partial charge in [-0.15, -0.1) is 0 Å². The highest BCUT2D eigenvalue weighted by Crippen LogP contribution is 2.34. The van der Waals surface area contributed by atoms with Crippen LogP contribution in [0.4, 0.5) is 13.6 Å². The number of benzene rings is 1. The molecule has 2 aromatic rings. The summed E-state index contributed by atoms with van der Waals surface area (Å²) in [7, 11) is 0. The van der Waals surface area contributed by atoms with E-state index in [0.717, 1.165) is 5.56 Å². The second-order valence-electron chi connectivity index (χ2n) is 8.85. The van der Waals surface area contributed by atoms with E-state index in [2.05, 4.69) is 9.88 Å².